The minimum absolute atomic E-state index is 0.0216. The summed E-state index contributed by atoms with van der Waals surface area (Å²) in [6, 6.07) is 10.5. The molecule has 0 aliphatic rings. The first kappa shape index (κ1) is 21.4. The van der Waals surface area contributed by atoms with Gasteiger partial charge in [0.05, 0.1) is 62.9 Å². The molecule has 0 fully saturated rings. The number of fused-ring (bicyclic) bond motifs is 1. The number of hydrogen-bond acceptors (Lipinski definition) is 4. The molecule has 1 aromatic heterocycles. The maximum Gasteiger partial charge on any atom is 0.302 e. The van der Waals surface area contributed by atoms with Crippen molar-refractivity contribution in [1.29, 1.82) is 0 Å². The molecular formula is C22H28N4O4+2. The van der Waals surface area contributed by atoms with E-state index in [0.717, 1.165) is 15.5 Å². The largest absolute Gasteiger partial charge is 0.507 e. The van der Waals surface area contributed by atoms with E-state index in [9.17, 15) is 15.2 Å². The number of phenolic OH excluding ortho intramolecular Hbond substituents is 1. The number of aromatic nitrogens is 1. The van der Waals surface area contributed by atoms with E-state index in [0.29, 0.717) is 34.5 Å². The Hall–Kier alpha value is -3.36. The third kappa shape index (κ3) is 4.00. The molecule has 0 radical (unpaired) electrons. The Morgan fingerprint density at radius 3 is 2.33 bits per heavy atom. The molecule has 8 heteroatoms. The summed E-state index contributed by atoms with van der Waals surface area (Å²) in [7, 11) is 9.42. The topological polar surface area (TPSA) is 86.4 Å². The van der Waals surface area contributed by atoms with Crippen molar-refractivity contribution in [3.63, 3.8) is 0 Å². The van der Waals surface area contributed by atoms with E-state index in [-0.39, 0.29) is 16.4 Å². The highest BCUT2D eigenvalue weighted by Gasteiger charge is 2.29. The number of hydrogen-bond donors (Lipinski definition) is 3. The van der Waals surface area contributed by atoms with Gasteiger partial charge in [0.25, 0.3) is 0 Å². The first-order chi connectivity index (χ1) is 14.2. The Morgan fingerprint density at radius 1 is 1.13 bits per heavy atom. The molecule has 3 rings (SSSR count). The van der Waals surface area contributed by atoms with Crippen molar-refractivity contribution >= 4 is 22.7 Å². The Balaban J connectivity index is 2.48. The van der Waals surface area contributed by atoms with E-state index in [1.54, 1.807) is 19.3 Å². The minimum Gasteiger partial charge on any atom is -0.507 e. The third-order valence-corrected chi connectivity index (χ3v) is 4.84. The molecule has 0 saturated heterocycles. The lowest BCUT2D eigenvalue weighted by atomic mass is 10.1. The summed E-state index contributed by atoms with van der Waals surface area (Å²) in [5.41, 5.74) is 2.54. The van der Waals surface area contributed by atoms with Crippen LogP contribution in [-0.4, -0.2) is 49.9 Å². The van der Waals surface area contributed by atoms with Crippen LogP contribution >= 0.6 is 0 Å². The van der Waals surface area contributed by atoms with Crippen LogP contribution in [0, 0.1) is 10.1 Å². The van der Waals surface area contributed by atoms with Gasteiger partial charge in [-0.15, -0.1) is 0 Å². The summed E-state index contributed by atoms with van der Waals surface area (Å²) < 4.78 is 7.11. The number of nitrogens with zero attached hydrogens (tertiary/aromatic N) is 2. The number of aromatic hydroxyl groups is 1. The highest BCUT2D eigenvalue weighted by molar-refractivity contribution is 5.98. The number of methoxy groups -OCH3 is 1. The predicted octanol–water partition coefficient (Wildman–Crippen LogP) is 1.01. The van der Waals surface area contributed by atoms with E-state index in [2.05, 4.69) is 0 Å². The molecule has 0 atom stereocenters. The first-order valence-electron chi connectivity index (χ1n) is 9.70. The Bertz CT molecular complexity index is 1100. The summed E-state index contributed by atoms with van der Waals surface area (Å²) in [6.07, 6.45) is 3.62. The van der Waals surface area contributed by atoms with Crippen LogP contribution in [0.4, 0.5) is 5.69 Å². The average Bonchev–Trinajstić information content (AvgIpc) is 3.03. The van der Waals surface area contributed by atoms with Crippen molar-refractivity contribution < 1.29 is 24.6 Å². The fourth-order valence-electron chi connectivity index (χ4n) is 3.55. The van der Waals surface area contributed by atoms with Crippen molar-refractivity contribution in [2.75, 3.05) is 35.3 Å². The molecule has 3 N–H and O–H groups in total. The van der Waals surface area contributed by atoms with Gasteiger partial charge in [-0.25, -0.2) is 0 Å². The van der Waals surface area contributed by atoms with Gasteiger partial charge < -0.3 is 24.2 Å². The molecule has 158 valence electrons. The molecule has 0 aliphatic carbocycles. The van der Waals surface area contributed by atoms with Gasteiger partial charge in [-0.2, -0.15) is 0 Å². The van der Waals surface area contributed by atoms with Gasteiger partial charge in [0.2, 0.25) is 0 Å². The van der Waals surface area contributed by atoms with Gasteiger partial charge in [-0.3, -0.25) is 10.1 Å². The van der Waals surface area contributed by atoms with Crippen LogP contribution in [0.25, 0.3) is 22.7 Å². The SMILES string of the molecule is COc1ccc(-n2c(/C=C/[NH+](C)C)c([N+](=O)[O-])c3ccc(O)c(C[NH+](C)C)c32)cc1. The quantitative estimate of drug-likeness (QED) is 0.399. The standard InChI is InChI=1S/C22H26N4O4/c1-23(2)13-12-19-22(26(28)29)17-10-11-20(27)18(14-24(3)4)21(17)25(19)15-6-8-16(30-5)9-7-15/h6-13,27H,14H2,1-5H3/p+2/b13-12+. The molecule has 0 spiro atoms. The van der Waals surface area contributed by atoms with Crippen LogP contribution in [0.3, 0.4) is 0 Å². The number of nitrogens with one attached hydrogen (secondary N) is 2. The van der Waals surface area contributed by atoms with Crippen LogP contribution in [-0.2, 0) is 6.54 Å². The van der Waals surface area contributed by atoms with Crippen molar-refractivity contribution in [2.24, 2.45) is 0 Å². The van der Waals surface area contributed by atoms with E-state index in [1.807, 2.05) is 63.2 Å². The summed E-state index contributed by atoms with van der Waals surface area (Å²) in [6.45, 7) is 0.516. The first-order valence-corrected chi connectivity index (χ1v) is 9.70. The maximum atomic E-state index is 12.1. The fraction of sp³-hybridized carbons (Fsp3) is 0.273. The second-order valence-corrected chi connectivity index (χ2v) is 7.78. The zero-order valence-electron chi connectivity index (χ0n) is 17.9. The molecule has 0 saturated carbocycles. The lowest BCUT2D eigenvalue weighted by Crippen LogP contribution is -3.04. The van der Waals surface area contributed by atoms with E-state index in [1.165, 1.54) is 6.07 Å². The number of quaternary nitrogens is 2. The average molecular weight is 412 g/mol. The normalized spacial score (nSPS) is 11.8. The second kappa shape index (κ2) is 8.56. The van der Waals surface area contributed by atoms with Crippen LogP contribution in [0.15, 0.2) is 42.6 Å². The van der Waals surface area contributed by atoms with Crippen LogP contribution in [0.1, 0.15) is 11.3 Å². The molecule has 0 aliphatic heterocycles. The monoisotopic (exact) mass is 412 g/mol. The fourth-order valence-corrected chi connectivity index (χ4v) is 3.55. The number of nitro groups is 1. The van der Waals surface area contributed by atoms with E-state index in [4.69, 9.17) is 4.74 Å². The Morgan fingerprint density at radius 2 is 1.80 bits per heavy atom. The van der Waals surface area contributed by atoms with Crippen LogP contribution in [0.2, 0.25) is 0 Å². The highest BCUT2D eigenvalue weighted by atomic mass is 16.6. The van der Waals surface area contributed by atoms with Gasteiger partial charge in [0, 0.05) is 11.8 Å². The third-order valence-electron chi connectivity index (χ3n) is 4.84. The Labute approximate surface area is 175 Å². The van der Waals surface area contributed by atoms with Crippen molar-refractivity contribution in [1.82, 2.24) is 4.57 Å². The number of ether oxygens (including phenoxy) is 1. The molecule has 0 unspecified atom stereocenters. The second-order valence-electron chi connectivity index (χ2n) is 7.78. The summed E-state index contributed by atoms with van der Waals surface area (Å²) in [5.74, 6) is 0.819. The van der Waals surface area contributed by atoms with Crippen LogP contribution < -0.4 is 14.5 Å². The van der Waals surface area contributed by atoms with Crippen molar-refractivity contribution in [2.45, 2.75) is 6.54 Å². The zero-order chi connectivity index (χ0) is 22.0. The summed E-state index contributed by atoms with van der Waals surface area (Å²) >= 11 is 0. The molecule has 3 aromatic rings. The molecule has 2 aromatic carbocycles. The Kier molecular flexibility index (Phi) is 6.09. The van der Waals surface area contributed by atoms with Crippen LogP contribution in [0.5, 0.6) is 11.5 Å². The minimum atomic E-state index is -0.351. The number of benzene rings is 2. The summed E-state index contributed by atoms with van der Waals surface area (Å²) in [5, 5.41) is 23.2. The smallest absolute Gasteiger partial charge is 0.302 e. The number of rotatable bonds is 7. The van der Waals surface area contributed by atoms with Gasteiger partial charge in [0.1, 0.15) is 23.7 Å². The van der Waals surface area contributed by atoms with Gasteiger partial charge in [-0.1, -0.05) is 0 Å². The molecule has 0 bridgehead atoms. The number of phenols is 1. The lowest BCUT2D eigenvalue weighted by Gasteiger charge is -2.14. The van der Waals surface area contributed by atoms with E-state index < -0.39 is 0 Å². The van der Waals surface area contributed by atoms with Gasteiger partial charge >= 0.3 is 5.69 Å². The molecule has 8 nitrogen and oxygen atoms in total. The van der Waals surface area contributed by atoms with Gasteiger partial charge in [-0.05, 0) is 36.4 Å². The predicted molar refractivity (Wildman–Crippen MR) is 117 cm³/mol. The highest BCUT2D eigenvalue weighted by Crippen LogP contribution is 2.40. The molecule has 1 heterocycles. The zero-order valence-corrected chi connectivity index (χ0v) is 17.9. The maximum absolute atomic E-state index is 12.1. The summed E-state index contributed by atoms with van der Waals surface area (Å²) in [4.78, 5) is 13.9. The van der Waals surface area contributed by atoms with E-state index >= 15 is 0 Å². The molecule has 0 amide bonds. The lowest BCUT2D eigenvalue weighted by molar-refractivity contribution is -0.872. The van der Waals surface area contributed by atoms with Gasteiger partial charge in [0.15, 0.2) is 0 Å². The molecule has 30 heavy (non-hydrogen) atoms. The van der Waals surface area contributed by atoms with Crippen molar-refractivity contribution in [3.05, 3.63) is 64.0 Å². The van der Waals surface area contributed by atoms with Crippen molar-refractivity contribution in [3.8, 4) is 17.2 Å². The molecular weight excluding hydrogens is 384 g/mol.